The summed E-state index contributed by atoms with van der Waals surface area (Å²) in [6, 6.07) is 6.90. The van der Waals surface area contributed by atoms with E-state index in [4.69, 9.17) is 5.73 Å². The number of rotatable bonds is 4. The van der Waals surface area contributed by atoms with E-state index in [2.05, 4.69) is 11.8 Å². The van der Waals surface area contributed by atoms with Crippen LogP contribution in [0.2, 0.25) is 0 Å². The minimum atomic E-state index is -0.191. The Hall–Kier alpha value is -0.930. The van der Waals surface area contributed by atoms with E-state index >= 15 is 0 Å². The van der Waals surface area contributed by atoms with Gasteiger partial charge in [-0.3, -0.25) is 0 Å². The van der Waals surface area contributed by atoms with Gasteiger partial charge in [0.1, 0.15) is 5.82 Å². The van der Waals surface area contributed by atoms with Crippen molar-refractivity contribution >= 4 is 0 Å². The molecule has 0 aliphatic rings. The molecule has 0 radical (unpaired) electrons. The van der Waals surface area contributed by atoms with Gasteiger partial charge in [-0.05, 0) is 44.3 Å². The molecule has 0 aliphatic heterocycles. The first-order valence-electron chi connectivity index (χ1n) is 5.18. The van der Waals surface area contributed by atoms with Gasteiger partial charge in [-0.25, -0.2) is 4.39 Å². The fourth-order valence-electron chi connectivity index (χ4n) is 1.96. The van der Waals surface area contributed by atoms with Gasteiger partial charge in [-0.1, -0.05) is 19.1 Å². The zero-order valence-corrected chi connectivity index (χ0v) is 9.57. The molecule has 0 spiro atoms. The average Bonchev–Trinajstić information content (AvgIpc) is 2.17. The second-order valence-electron chi connectivity index (χ2n) is 4.18. The molecule has 1 rings (SSSR count). The molecule has 2 atom stereocenters. The van der Waals surface area contributed by atoms with E-state index in [1.165, 1.54) is 6.07 Å². The van der Waals surface area contributed by atoms with E-state index in [1.54, 1.807) is 12.1 Å². The van der Waals surface area contributed by atoms with Gasteiger partial charge >= 0.3 is 0 Å². The van der Waals surface area contributed by atoms with Crippen LogP contribution < -0.4 is 5.73 Å². The van der Waals surface area contributed by atoms with Crippen molar-refractivity contribution in [3.63, 3.8) is 0 Å². The van der Waals surface area contributed by atoms with Crippen LogP contribution in [0.15, 0.2) is 24.3 Å². The summed E-state index contributed by atoms with van der Waals surface area (Å²) < 4.78 is 13.1. The third kappa shape index (κ3) is 3.01. The van der Waals surface area contributed by atoms with E-state index in [0.29, 0.717) is 12.5 Å². The number of benzene rings is 1. The molecule has 2 unspecified atom stereocenters. The Morgan fingerprint density at radius 3 is 2.53 bits per heavy atom. The lowest BCUT2D eigenvalue weighted by Gasteiger charge is -2.29. The van der Waals surface area contributed by atoms with Crippen LogP contribution in [0.3, 0.4) is 0 Å². The van der Waals surface area contributed by atoms with E-state index < -0.39 is 0 Å². The standard InChI is InChI=1S/C12H19FN2/c1-9(8-14)12(15(2)3)10-5-4-6-11(13)7-10/h4-7,9,12H,8,14H2,1-3H3. The Balaban J connectivity index is 2.99. The molecular weight excluding hydrogens is 191 g/mol. The van der Waals surface area contributed by atoms with Crippen molar-refractivity contribution in [3.8, 4) is 0 Å². The summed E-state index contributed by atoms with van der Waals surface area (Å²) in [7, 11) is 3.98. The molecule has 0 saturated carbocycles. The minimum absolute atomic E-state index is 0.172. The van der Waals surface area contributed by atoms with Crippen molar-refractivity contribution in [1.29, 1.82) is 0 Å². The zero-order chi connectivity index (χ0) is 11.4. The van der Waals surface area contributed by atoms with Gasteiger partial charge in [0.25, 0.3) is 0 Å². The third-order valence-electron chi connectivity index (χ3n) is 2.66. The molecule has 1 aromatic rings. The van der Waals surface area contributed by atoms with Gasteiger partial charge in [0.2, 0.25) is 0 Å². The van der Waals surface area contributed by atoms with Crippen molar-refractivity contribution in [1.82, 2.24) is 4.90 Å². The Bertz CT molecular complexity index is 312. The van der Waals surface area contributed by atoms with Gasteiger partial charge in [0, 0.05) is 6.04 Å². The molecule has 0 fully saturated rings. The molecule has 0 bridgehead atoms. The first kappa shape index (κ1) is 12.1. The summed E-state index contributed by atoms with van der Waals surface area (Å²) in [6.07, 6.45) is 0. The SMILES string of the molecule is CC(CN)C(c1cccc(F)c1)N(C)C. The van der Waals surface area contributed by atoms with Crippen LogP contribution in [0, 0.1) is 11.7 Å². The highest BCUT2D eigenvalue weighted by Gasteiger charge is 2.20. The summed E-state index contributed by atoms with van der Waals surface area (Å²) in [5.41, 5.74) is 6.65. The fraction of sp³-hybridized carbons (Fsp3) is 0.500. The summed E-state index contributed by atoms with van der Waals surface area (Å²) >= 11 is 0. The number of hydrogen-bond acceptors (Lipinski definition) is 2. The molecule has 3 heteroatoms. The van der Waals surface area contributed by atoms with Gasteiger partial charge in [-0.2, -0.15) is 0 Å². The molecule has 0 saturated heterocycles. The average molecular weight is 210 g/mol. The van der Waals surface area contributed by atoms with Crippen molar-refractivity contribution in [2.24, 2.45) is 11.7 Å². The van der Waals surface area contributed by atoms with E-state index in [1.807, 2.05) is 20.2 Å². The smallest absolute Gasteiger partial charge is 0.123 e. The maximum atomic E-state index is 13.1. The lowest BCUT2D eigenvalue weighted by Crippen LogP contribution is -2.30. The zero-order valence-electron chi connectivity index (χ0n) is 9.57. The molecule has 84 valence electrons. The van der Waals surface area contributed by atoms with Crippen molar-refractivity contribution in [3.05, 3.63) is 35.6 Å². The summed E-state index contributed by atoms with van der Waals surface area (Å²) in [4.78, 5) is 2.08. The quantitative estimate of drug-likeness (QED) is 0.824. The Morgan fingerprint density at radius 2 is 2.07 bits per heavy atom. The topological polar surface area (TPSA) is 29.3 Å². The second kappa shape index (κ2) is 5.24. The van der Waals surface area contributed by atoms with Crippen LogP contribution in [-0.2, 0) is 0 Å². The van der Waals surface area contributed by atoms with Gasteiger partial charge < -0.3 is 10.6 Å². The Kier molecular flexibility index (Phi) is 4.24. The highest BCUT2D eigenvalue weighted by atomic mass is 19.1. The maximum absolute atomic E-state index is 13.1. The predicted molar refractivity (Wildman–Crippen MR) is 61.0 cm³/mol. The summed E-state index contributed by atoms with van der Waals surface area (Å²) in [6.45, 7) is 2.68. The molecule has 0 aromatic heterocycles. The summed E-state index contributed by atoms with van der Waals surface area (Å²) in [5, 5.41) is 0. The van der Waals surface area contributed by atoms with E-state index in [9.17, 15) is 4.39 Å². The van der Waals surface area contributed by atoms with Crippen molar-refractivity contribution in [2.75, 3.05) is 20.6 Å². The second-order valence-corrected chi connectivity index (χ2v) is 4.18. The van der Waals surface area contributed by atoms with E-state index in [-0.39, 0.29) is 11.9 Å². The molecule has 0 heterocycles. The maximum Gasteiger partial charge on any atom is 0.123 e. The lowest BCUT2D eigenvalue weighted by molar-refractivity contribution is 0.227. The number of hydrogen-bond donors (Lipinski definition) is 1. The highest BCUT2D eigenvalue weighted by molar-refractivity contribution is 5.20. The molecule has 15 heavy (non-hydrogen) atoms. The van der Waals surface area contributed by atoms with Crippen LogP contribution in [0.4, 0.5) is 4.39 Å². The Labute approximate surface area is 90.9 Å². The largest absolute Gasteiger partial charge is 0.330 e. The molecule has 1 aromatic carbocycles. The van der Waals surface area contributed by atoms with Crippen LogP contribution in [0.25, 0.3) is 0 Å². The summed E-state index contributed by atoms with van der Waals surface area (Å²) in [5.74, 6) is 0.116. The van der Waals surface area contributed by atoms with Crippen LogP contribution in [0.5, 0.6) is 0 Å². The molecular formula is C12H19FN2. The normalized spacial score (nSPS) is 15.3. The minimum Gasteiger partial charge on any atom is -0.330 e. The number of nitrogens with two attached hydrogens (primary N) is 1. The van der Waals surface area contributed by atoms with Gasteiger partial charge in [0.05, 0.1) is 0 Å². The number of nitrogens with zero attached hydrogens (tertiary/aromatic N) is 1. The molecule has 0 aliphatic carbocycles. The van der Waals surface area contributed by atoms with Crippen LogP contribution in [-0.4, -0.2) is 25.5 Å². The van der Waals surface area contributed by atoms with E-state index in [0.717, 1.165) is 5.56 Å². The monoisotopic (exact) mass is 210 g/mol. The Morgan fingerprint density at radius 1 is 1.40 bits per heavy atom. The number of halogens is 1. The molecule has 2 nitrogen and oxygen atoms in total. The lowest BCUT2D eigenvalue weighted by atomic mass is 9.93. The molecule has 2 N–H and O–H groups in total. The first-order valence-corrected chi connectivity index (χ1v) is 5.18. The van der Waals surface area contributed by atoms with Crippen molar-refractivity contribution < 1.29 is 4.39 Å². The van der Waals surface area contributed by atoms with Gasteiger partial charge in [0.15, 0.2) is 0 Å². The van der Waals surface area contributed by atoms with Crippen LogP contribution >= 0.6 is 0 Å². The highest BCUT2D eigenvalue weighted by Crippen LogP contribution is 2.26. The van der Waals surface area contributed by atoms with Crippen LogP contribution in [0.1, 0.15) is 18.5 Å². The molecule has 0 amide bonds. The first-order chi connectivity index (χ1) is 7.06. The van der Waals surface area contributed by atoms with Crippen molar-refractivity contribution in [2.45, 2.75) is 13.0 Å². The predicted octanol–water partition coefficient (Wildman–Crippen LogP) is 2.02. The third-order valence-corrected chi connectivity index (χ3v) is 2.66. The van der Waals surface area contributed by atoms with Gasteiger partial charge in [-0.15, -0.1) is 0 Å². The fourth-order valence-corrected chi connectivity index (χ4v) is 1.96.